The summed E-state index contributed by atoms with van der Waals surface area (Å²) < 4.78 is 5.71. The lowest BCUT2D eigenvalue weighted by molar-refractivity contribution is -0.151. The first-order valence-corrected chi connectivity index (χ1v) is 7.83. The van der Waals surface area contributed by atoms with Gasteiger partial charge in [0.05, 0.1) is 5.92 Å². The third-order valence-corrected chi connectivity index (χ3v) is 4.42. The van der Waals surface area contributed by atoms with E-state index in [0.29, 0.717) is 12.1 Å². The number of nitrogens with one attached hydrogen (secondary N) is 1. The summed E-state index contributed by atoms with van der Waals surface area (Å²) >= 11 is 0. The first kappa shape index (κ1) is 14.1. The van der Waals surface area contributed by atoms with Crippen molar-refractivity contribution in [1.29, 1.82) is 0 Å². The number of amides is 1. The van der Waals surface area contributed by atoms with E-state index < -0.39 is 0 Å². The molecule has 21 heavy (non-hydrogen) atoms. The zero-order valence-electron chi connectivity index (χ0n) is 12.1. The first-order chi connectivity index (χ1) is 10.3. The molecule has 1 N–H and O–H groups in total. The summed E-state index contributed by atoms with van der Waals surface area (Å²) in [6, 6.07) is 7.30. The number of ether oxygens (including phenoxy) is 1. The average Bonchev–Trinajstić information content (AvgIpc) is 2.76. The fraction of sp³-hybridized carbons (Fsp3) is 0.529. The van der Waals surface area contributed by atoms with Crippen LogP contribution in [0.25, 0.3) is 0 Å². The molecule has 0 spiro atoms. The minimum absolute atomic E-state index is 0.0461. The van der Waals surface area contributed by atoms with Crippen LogP contribution in [0.4, 0.5) is 0 Å². The molecule has 1 aromatic carbocycles. The lowest BCUT2D eigenvalue weighted by Crippen LogP contribution is -2.39. The Morgan fingerprint density at radius 2 is 1.81 bits per heavy atom. The fourth-order valence-electron chi connectivity index (χ4n) is 3.22. The van der Waals surface area contributed by atoms with Crippen LogP contribution in [-0.2, 0) is 9.53 Å². The van der Waals surface area contributed by atoms with E-state index in [0.717, 1.165) is 31.2 Å². The molecule has 1 atom stereocenters. The monoisotopic (exact) mass is 287 g/mol. The van der Waals surface area contributed by atoms with E-state index in [2.05, 4.69) is 5.32 Å². The molecule has 4 heteroatoms. The molecule has 1 amide bonds. The third-order valence-electron chi connectivity index (χ3n) is 4.42. The zero-order chi connectivity index (χ0) is 14.7. The summed E-state index contributed by atoms with van der Waals surface area (Å²) in [5, 5.41) is 2.78. The molecule has 4 nitrogen and oxygen atoms in total. The highest BCUT2D eigenvalue weighted by Crippen LogP contribution is 2.27. The lowest BCUT2D eigenvalue weighted by atomic mass is 9.90. The van der Waals surface area contributed by atoms with Gasteiger partial charge in [0, 0.05) is 12.1 Å². The number of rotatable bonds is 2. The predicted molar refractivity (Wildman–Crippen MR) is 79.1 cm³/mol. The van der Waals surface area contributed by atoms with Crippen molar-refractivity contribution < 1.29 is 14.3 Å². The molecule has 112 valence electrons. The topological polar surface area (TPSA) is 55.4 Å². The summed E-state index contributed by atoms with van der Waals surface area (Å²) in [6.45, 7) is 0.335. The van der Waals surface area contributed by atoms with Crippen molar-refractivity contribution in [2.75, 3.05) is 6.54 Å². The highest BCUT2D eigenvalue weighted by Gasteiger charge is 2.32. The lowest BCUT2D eigenvalue weighted by Gasteiger charge is -2.26. The van der Waals surface area contributed by atoms with Crippen molar-refractivity contribution in [2.24, 2.45) is 0 Å². The third kappa shape index (κ3) is 3.09. The Morgan fingerprint density at radius 3 is 2.57 bits per heavy atom. The van der Waals surface area contributed by atoms with Crippen LogP contribution in [0.3, 0.4) is 0 Å². The van der Waals surface area contributed by atoms with Crippen LogP contribution in [0.15, 0.2) is 24.3 Å². The van der Waals surface area contributed by atoms with Gasteiger partial charge in [-0.05, 0) is 37.3 Å². The molecule has 0 saturated heterocycles. The van der Waals surface area contributed by atoms with Crippen molar-refractivity contribution in [1.82, 2.24) is 5.32 Å². The summed E-state index contributed by atoms with van der Waals surface area (Å²) in [6.07, 6.45) is 6.71. The highest BCUT2D eigenvalue weighted by molar-refractivity contribution is 5.99. The van der Waals surface area contributed by atoms with Gasteiger partial charge in [-0.25, -0.2) is 0 Å². The number of carbonyl (C=O) groups excluding carboxylic acids is 2. The predicted octanol–water partition coefficient (Wildman–Crippen LogP) is 2.78. The van der Waals surface area contributed by atoms with Gasteiger partial charge in [-0.15, -0.1) is 0 Å². The van der Waals surface area contributed by atoms with E-state index in [-0.39, 0.29) is 23.9 Å². The van der Waals surface area contributed by atoms with Gasteiger partial charge < -0.3 is 10.1 Å². The largest absolute Gasteiger partial charge is 0.462 e. The standard InChI is InChI=1S/C17H21NO3/c19-16-14-10-6-5-9-13(14)15(11-18-16)17(20)21-12-7-3-1-2-4-8-12/h5-6,9-10,12,15H,1-4,7-8,11H2,(H,18,19). The van der Waals surface area contributed by atoms with E-state index >= 15 is 0 Å². The minimum Gasteiger partial charge on any atom is -0.462 e. The quantitative estimate of drug-likeness (QED) is 0.672. The zero-order valence-corrected chi connectivity index (χ0v) is 12.1. The summed E-state index contributed by atoms with van der Waals surface area (Å²) in [4.78, 5) is 24.3. The molecule has 1 aromatic rings. The van der Waals surface area contributed by atoms with Crippen molar-refractivity contribution in [3.8, 4) is 0 Å². The second-order valence-electron chi connectivity index (χ2n) is 5.90. The molecule has 0 bridgehead atoms. The van der Waals surface area contributed by atoms with Gasteiger partial charge in [-0.3, -0.25) is 9.59 Å². The Morgan fingerprint density at radius 1 is 1.10 bits per heavy atom. The number of benzene rings is 1. The summed E-state index contributed by atoms with van der Waals surface area (Å²) in [5.74, 6) is -0.680. The molecule has 3 rings (SSSR count). The molecular formula is C17H21NO3. The Balaban J connectivity index is 1.73. The number of hydrogen-bond donors (Lipinski definition) is 1. The van der Waals surface area contributed by atoms with Gasteiger partial charge in [0.1, 0.15) is 6.10 Å². The van der Waals surface area contributed by atoms with Crippen LogP contribution >= 0.6 is 0 Å². The molecule has 1 heterocycles. The van der Waals surface area contributed by atoms with E-state index in [1.54, 1.807) is 6.07 Å². The van der Waals surface area contributed by atoms with Crippen LogP contribution < -0.4 is 5.32 Å². The van der Waals surface area contributed by atoms with Crippen LogP contribution in [0, 0.1) is 0 Å². The second-order valence-corrected chi connectivity index (χ2v) is 5.90. The Bertz CT molecular complexity index is 533. The molecule has 0 aromatic heterocycles. The summed E-state index contributed by atoms with van der Waals surface area (Å²) in [7, 11) is 0. The van der Waals surface area contributed by atoms with Gasteiger partial charge in [0.25, 0.3) is 5.91 Å². The van der Waals surface area contributed by atoms with Crippen LogP contribution in [0.2, 0.25) is 0 Å². The van der Waals surface area contributed by atoms with E-state index in [4.69, 9.17) is 4.74 Å². The minimum atomic E-state index is -0.373. The van der Waals surface area contributed by atoms with Crippen LogP contribution in [0.1, 0.15) is 60.4 Å². The maximum Gasteiger partial charge on any atom is 0.315 e. The van der Waals surface area contributed by atoms with E-state index in [9.17, 15) is 9.59 Å². The average molecular weight is 287 g/mol. The van der Waals surface area contributed by atoms with Crippen LogP contribution in [-0.4, -0.2) is 24.5 Å². The molecule has 1 fully saturated rings. The smallest absolute Gasteiger partial charge is 0.315 e. The molecule has 1 unspecified atom stereocenters. The van der Waals surface area contributed by atoms with Gasteiger partial charge in [-0.2, -0.15) is 0 Å². The first-order valence-electron chi connectivity index (χ1n) is 7.83. The molecule has 1 saturated carbocycles. The van der Waals surface area contributed by atoms with Gasteiger partial charge in [-0.1, -0.05) is 31.0 Å². The van der Waals surface area contributed by atoms with E-state index in [1.165, 1.54) is 12.8 Å². The van der Waals surface area contributed by atoms with Crippen molar-refractivity contribution in [2.45, 2.75) is 50.5 Å². The summed E-state index contributed by atoms with van der Waals surface area (Å²) in [5.41, 5.74) is 1.38. The van der Waals surface area contributed by atoms with Crippen molar-refractivity contribution in [3.05, 3.63) is 35.4 Å². The molecule has 2 aliphatic rings. The van der Waals surface area contributed by atoms with Crippen molar-refractivity contribution in [3.63, 3.8) is 0 Å². The number of esters is 1. The van der Waals surface area contributed by atoms with Crippen LogP contribution in [0.5, 0.6) is 0 Å². The number of hydrogen-bond acceptors (Lipinski definition) is 3. The normalized spacial score (nSPS) is 22.9. The molecule has 1 aliphatic heterocycles. The van der Waals surface area contributed by atoms with Crippen molar-refractivity contribution >= 4 is 11.9 Å². The molecule has 1 aliphatic carbocycles. The Hall–Kier alpha value is -1.84. The number of fused-ring (bicyclic) bond motifs is 1. The van der Waals surface area contributed by atoms with E-state index in [1.807, 2.05) is 18.2 Å². The van der Waals surface area contributed by atoms with Gasteiger partial charge in [0.2, 0.25) is 0 Å². The molecular weight excluding hydrogens is 266 g/mol. The van der Waals surface area contributed by atoms with Gasteiger partial charge in [0.15, 0.2) is 0 Å². The fourth-order valence-corrected chi connectivity index (χ4v) is 3.22. The Labute approximate surface area is 124 Å². The highest BCUT2D eigenvalue weighted by atomic mass is 16.5. The maximum atomic E-state index is 12.5. The Kier molecular flexibility index (Phi) is 4.23. The second kappa shape index (κ2) is 6.29. The number of carbonyl (C=O) groups is 2. The van der Waals surface area contributed by atoms with Gasteiger partial charge >= 0.3 is 5.97 Å². The SMILES string of the molecule is O=C1NCC(C(=O)OC2CCCCCC2)c2ccccc21. The molecule has 0 radical (unpaired) electrons. The maximum absolute atomic E-state index is 12.5.